The molecular formula is C18H17N3. The summed E-state index contributed by atoms with van der Waals surface area (Å²) in [6.45, 7) is 3.18. The van der Waals surface area contributed by atoms with Gasteiger partial charge in [-0.1, -0.05) is 37.3 Å². The Morgan fingerprint density at radius 2 is 1.95 bits per heavy atom. The Labute approximate surface area is 124 Å². The second-order valence-electron chi connectivity index (χ2n) is 5.38. The maximum absolute atomic E-state index is 4.64. The fourth-order valence-electron chi connectivity index (χ4n) is 3.18. The second kappa shape index (κ2) is 4.85. The van der Waals surface area contributed by atoms with Crippen LogP contribution in [0, 0.1) is 0 Å². The fourth-order valence-corrected chi connectivity index (χ4v) is 3.18. The van der Waals surface area contributed by atoms with Gasteiger partial charge in [0, 0.05) is 35.8 Å². The lowest BCUT2D eigenvalue weighted by Gasteiger charge is -2.21. The Balaban J connectivity index is 1.91. The van der Waals surface area contributed by atoms with Crippen molar-refractivity contribution in [3.63, 3.8) is 0 Å². The van der Waals surface area contributed by atoms with Crippen molar-refractivity contribution >= 4 is 0 Å². The highest BCUT2D eigenvalue weighted by molar-refractivity contribution is 5.74. The molecule has 3 nitrogen and oxygen atoms in total. The van der Waals surface area contributed by atoms with E-state index in [1.54, 1.807) is 0 Å². The van der Waals surface area contributed by atoms with Crippen LogP contribution < -0.4 is 0 Å². The first-order valence-corrected chi connectivity index (χ1v) is 7.46. The molecule has 0 radical (unpaired) electrons. The lowest BCUT2D eigenvalue weighted by atomic mass is 9.95. The first-order chi connectivity index (χ1) is 10.4. The number of aryl methyl sites for hydroxylation is 1. The first kappa shape index (κ1) is 12.3. The van der Waals surface area contributed by atoms with Crippen LogP contribution in [0.2, 0.25) is 0 Å². The summed E-state index contributed by atoms with van der Waals surface area (Å²) in [5.74, 6) is 1.09. The standard InChI is InChI=1S/C18H17N3/c1-2-14-12-20-18-16-8-10-19-17(13-6-4-3-5-7-13)15(16)9-11-21(14)18/h3-8,10,12H,2,9,11H2,1H3. The number of nitrogens with zero attached hydrogens (tertiary/aromatic N) is 3. The van der Waals surface area contributed by atoms with Crippen LogP contribution in [0.3, 0.4) is 0 Å². The van der Waals surface area contributed by atoms with Crippen molar-refractivity contribution in [2.75, 3.05) is 0 Å². The molecule has 0 spiro atoms. The molecule has 0 N–H and O–H groups in total. The van der Waals surface area contributed by atoms with E-state index in [0.29, 0.717) is 0 Å². The number of benzene rings is 1. The molecule has 0 aliphatic carbocycles. The van der Waals surface area contributed by atoms with Crippen LogP contribution in [-0.4, -0.2) is 14.5 Å². The lowest BCUT2D eigenvalue weighted by Crippen LogP contribution is -2.14. The largest absolute Gasteiger partial charge is 0.328 e. The maximum atomic E-state index is 4.64. The molecule has 4 rings (SSSR count). The minimum atomic E-state index is 0.997. The predicted molar refractivity (Wildman–Crippen MR) is 84.0 cm³/mol. The molecule has 0 saturated carbocycles. The molecule has 1 aliphatic rings. The summed E-state index contributed by atoms with van der Waals surface area (Å²) in [6.07, 6.45) is 5.95. The van der Waals surface area contributed by atoms with Gasteiger partial charge in [0.2, 0.25) is 0 Å². The average Bonchev–Trinajstić information content (AvgIpc) is 2.98. The predicted octanol–water partition coefficient (Wildman–Crippen LogP) is 3.73. The van der Waals surface area contributed by atoms with E-state index in [1.165, 1.54) is 22.4 Å². The van der Waals surface area contributed by atoms with Crippen molar-refractivity contribution in [3.8, 4) is 22.6 Å². The summed E-state index contributed by atoms with van der Waals surface area (Å²) < 4.78 is 2.34. The van der Waals surface area contributed by atoms with Crippen molar-refractivity contribution in [1.82, 2.24) is 14.5 Å². The van der Waals surface area contributed by atoms with Gasteiger partial charge in [0.05, 0.1) is 5.69 Å². The third-order valence-corrected chi connectivity index (χ3v) is 4.23. The van der Waals surface area contributed by atoms with Gasteiger partial charge in [0.1, 0.15) is 5.82 Å². The summed E-state index contributed by atoms with van der Waals surface area (Å²) in [5.41, 5.74) is 6.15. The molecule has 3 heteroatoms. The Morgan fingerprint density at radius 1 is 1.10 bits per heavy atom. The van der Waals surface area contributed by atoms with Crippen molar-refractivity contribution < 1.29 is 0 Å². The number of hydrogen-bond acceptors (Lipinski definition) is 2. The molecular weight excluding hydrogens is 258 g/mol. The van der Waals surface area contributed by atoms with E-state index in [9.17, 15) is 0 Å². The fraction of sp³-hybridized carbons (Fsp3) is 0.222. The molecule has 0 unspecified atom stereocenters. The van der Waals surface area contributed by atoms with Gasteiger partial charge in [-0.15, -0.1) is 0 Å². The quantitative estimate of drug-likeness (QED) is 0.713. The highest BCUT2D eigenvalue weighted by atomic mass is 15.1. The molecule has 21 heavy (non-hydrogen) atoms. The van der Waals surface area contributed by atoms with E-state index < -0.39 is 0 Å². The van der Waals surface area contributed by atoms with Gasteiger partial charge < -0.3 is 4.57 Å². The third-order valence-electron chi connectivity index (χ3n) is 4.23. The van der Waals surface area contributed by atoms with E-state index in [4.69, 9.17) is 0 Å². The molecule has 0 bridgehead atoms. The SMILES string of the molecule is CCc1cnc2n1CCc1c-2ccnc1-c1ccccc1. The zero-order chi connectivity index (χ0) is 14.2. The van der Waals surface area contributed by atoms with Crippen LogP contribution in [0.25, 0.3) is 22.6 Å². The lowest BCUT2D eigenvalue weighted by molar-refractivity contribution is 0.654. The monoisotopic (exact) mass is 275 g/mol. The van der Waals surface area contributed by atoms with E-state index in [-0.39, 0.29) is 0 Å². The summed E-state index contributed by atoms with van der Waals surface area (Å²) in [4.78, 5) is 9.26. The Kier molecular flexibility index (Phi) is 2.85. The van der Waals surface area contributed by atoms with Gasteiger partial charge in [-0.2, -0.15) is 0 Å². The third kappa shape index (κ3) is 1.88. The van der Waals surface area contributed by atoms with Crippen molar-refractivity contribution in [2.24, 2.45) is 0 Å². The highest BCUT2D eigenvalue weighted by Gasteiger charge is 2.22. The number of fused-ring (bicyclic) bond motifs is 3. The van der Waals surface area contributed by atoms with Gasteiger partial charge in [0.25, 0.3) is 0 Å². The number of hydrogen-bond donors (Lipinski definition) is 0. The molecule has 1 aliphatic heterocycles. The van der Waals surface area contributed by atoms with Gasteiger partial charge in [-0.05, 0) is 24.5 Å². The Hall–Kier alpha value is -2.42. The minimum Gasteiger partial charge on any atom is -0.328 e. The maximum Gasteiger partial charge on any atom is 0.140 e. The first-order valence-electron chi connectivity index (χ1n) is 7.46. The normalized spacial score (nSPS) is 12.8. The molecule has 104 valence electrons. The zero-order valence-electron chi connectivity index (χ0n) is 12.1. The molecule has 1 aromatic carbocycles. The summed E-state index contributed by atoms with van der Waals surface area (Å²) in [5, 5.41) is 0. The van der Waals surface area contributed by atoms with Crippen LogP contribution in [0.4, 0.5) is 0 Å². The summed E-state index contributed by atoms with van der Waals surface area (Å²) in [6, 6.07) is 12.5. The zero-order valence-corrected chi connectivity index (χ0v) is 12.1. The molecule has 0 saturated heterocycles. The van der Waals surface area contributed by atoms with Gasteiger partial charge in [-0.25, -0.2) is 4.98 Å². The second-order valence-corrected chi connectivity index (χ2v) is 5.38. The topological polar surface area (TPSA) is 30.7 Å². The van der Waals surface area contributed by atoms with E-state index in [0.717, 1.165) is 30.9 Å². The van der Waals surface area contributed by atoms with Gasteiger partial charge in [0.15, 0.2) is 0 Å². The van der Waals surface area contributed by atoms with E-state index in [1.807, 2.05) is 18.5 Å². The van der Waals surface area contributed by atoms with Crippen molar-refractivity contribution in [1.29, 1.82) is 0 Å². The number of pyridine rings is 1. The summed E-state index contributed by atoms with van der Waals surface area (Å²) in [7, 11) is 0. The van der Waals surface area contributed by atoms with Crippen LogP contribution in [0.15, 0.2) is 48.8 Å². The summed E-state index contributed by atoms with van der Waals surface area (Å²) >= 11 is 0. The molecule has 0 atom stereocenters. The molecule has 0 fully saturated rings. The highest BCUT2D eigenvalue weighted by Crippen LogP contribution is 2.34. The van der Waals surface area contributed by atoms with Crippen LogP contribution in [-0.2, 0) is 19.4 Å². The van der Waals surface area contributed by atoms with Gasteiger partial charge >= 0.3 is 0 Å². The average molecular weight is 275 g/mol. The number of imidazole rings is 1. The Bertz CT molecular complexity index is 787. The number of aromatic nitrogens is 3. The number of rotatable bonds is 2. The molecule has 3 aromatic rings. The smallest absolute Gasteiger partial charge is 0.140 e. The Morgan fingerprint density at radius 3 is 2.76 bits per heavy atom. The minimum absolute atomic E-state index is 0.997. The van der Waals surface area contributed by atoms with Gasteiger partial charge in [-0.3, -0.25) is 4.98 Å². The molecule has 2 aromatic heterocycles. The van der Waals surface area contributed by atoms with Crippen LogP contribution in [0.1, 0.15) is 18.2 Å². The van der Waals surface area contributed by atoms with Crippen LogP contribution >= 0.6 is 0 Å². The van der Waals surface area contributed by atoms with Crippen molar-refractivity contribution in [2.45, 2.75) is 26.3 Å². The molecule has 3 heterocycles. The van der Waals surface area contributed by atoms with Crippen molar-refractivity contribution in [3.05, 3.63) is 60.0 Å². The van der Waals surface area contributed by atoms with E-state index in [2.05, 4.69) is 51.8 Å². The van der Waals surface area contributed by atoms with Crippen LogP contribution in [0.5, 0.6) is 0 Å². The van der Waals surface area contributed by atoms with E-state index >= 15 is 0 Å². The molecule has 0 amide bonds.